The molecular formula is C21H41N9O. The molecule has 0 saturated carbocycles. The number of nitrogens with one attached hydrogen (secondary N) is 3. The molecule has 31 heavy (non-hydrogen) atoms. The van der Waals surface area contributed by atoms with Crippen molar-refractivity contribution in [2.24, 2.45) is 11.7 Å². The summed E-state index contributed by atoms with van der Waals surface area (Å²) in [4.78, 5) is 30.3. The predicted molar refractivity (Wildman–Crippen MR) is 125 cm³/mol. The van der Waals surface area contributed by atoms with Crippen molar-refractivity contribution in [1.82, 2.24) is 30.6 Å². The highest BCUT2D eigenvalue weighted by Gasteiger charge is 2.43. The van der Waals surface area contributed by atoms with E-state index in [0.29, 0.717) is 50.5 Å². The largest absolute Gasteiger partial charge is 0.338 e. The van der Waals surface area contributed by atoms with Crippen LogP contribution in [0.2, 0.25) is 0 Å². The molecule has 0 aliphatic carbocycles. The van der Waals surface area contributed by atoms with Crippen LogP contribution in [0, 0.1) is 5.92 Å². The van der Waals surface area contributed by atoms with Gasteiger partial charge < -0.3 is 15.5 Å². The summed E-state index contributed by atoms with van der Waals surface area (Å²) in [7, 11) is 0. The second kappa shape index (κ2) is 10.5. The normalized spacial score (nSPS) is 18.9. The van der Waals surface area contributed by atoms with E-state index in [1.165, 1.54) is 6.33 Å². The molecule has 2 heterocycles. The van der Waals surface area contributed by atoms with Gasteiger partial charge in [-0.2, -0.15) is 4.98 Å². The molecule has 1 fully saturated rings. The van der Waals surface area contributed by atoms with Gasteiger partial charge in [-0.05, 0) is 47.0 Å². The second-order valence-corrected chi connectivity index (χ2v) is 9.98. The highest BCUT2D eigenvalue weighted by Crippen LogP contribution is 2.23. The summed E-state index contributed by atoms with van der Waals surface area (Å²) in [5, 5.41) is 3.45. The molecule has 2 rings (SSSR count). The fourth-order valence-corrected chi connectivity index (χ4v) is 4.32. The van der Waals surface area contributed by atoms with Crippen LogP contribution in [0.4, 0.5) is 11.9 Å². The smallest absolute Gasteiger partial charge is 0.242 e. The Morgan fingerprint density at radius 3 is 2.61 bits per heavy atom. The molecule has 5 N–H and O–H groups in total. The standard InChI is InChI=1S/C21H41N9O/c1-15(2)12-16(3)30(19-24-14-23-18(26-19)27-25-9-8-22)11-10-29-13-20(4,5)28-21(6,7)17(29)31/h14-16,25,28H,8-13,22H2,1-7H3,(H,23,24,26,27). The lowest BCUT2D eigenvalue weighted by Crippen LogP contribution is -2.70. The fraction of sp³-hybridized carbons (Fsp3) is 0.810. The van der Waals surface area contributed by atoms with Gasteiger partial charge in [-0.25, -0.2) is 15.4 Å². The van der Waals surface area contributed by atoms with Gasteiger partial charge in [-0.3, -0.25) is 15.5 Å². The van der Waals surface area contributed by atoms with Crippen molar-refractivity contribution in [3.8, 4) is 0 Å². The van der Waals surface area contributed by atoms with Gasteiger partial charge in [0.05, 0.1) is 5.54 Å². The van der Waals surface area contributed by atoms with E-state index in [0.717, 1.165) is 6.42 Å². The van der Waals surface area contributed by atoms with E-state index in [2.05, 4.69) is 70.6 Å². The number of hydrogen-bond acceptors (Lipinski definition) is 9. The van der Waals surface area contributed by atoms with Gasteiger partial charge >= 0.3 is 0 Å². The van der Waals surface area contributed by atoms with Crippen molar-refractivity contribution in [1.29, 1.82) is 0 Å². The third kappa shape index (κ3) is 7.26. The number of nitrogens with zero attached hydrogens (tertiary/aromatic N) is 5. The third-order valence-electron chi connectivity index (χ3n) is 5.30. The summed E-state index contributed by atoms with van der Waals surface area (Å²) >= 11 is 0. The van der Waals surface area contributed by atoms with Gasteiger partial charge in [0.1, 0.15) is 6.33 Å². The number of hydrazine groups is 1. The van der Waals surface area contributed by atoms with E-state index in [-0.39, 0.29) is 17.5 Å². The molecule has 1 aliphatic rings. The highest BCUT2D eigenvalue weighted by atomic mass is 16.2. The monoisotopic (exact) mass is 435 g/mol. The lowest BCUT2D eigenvalue weighted by Gasteiger charge is -2.47. The van der Waals surface area contributed by atoms with E-state index >= 15 is 0 Å². The molecule has 0 spiro atoms. The molecule has 1 aromatic rings. The Morgan fingerprint density at radius 2 is 1.97 bits per heavy atom. The maximum Gasteiger partial charge on any atom is 0.242 e. The number of hydrogen-bond donors (Lipinski definition) is 4. The van der Waals surface area contributed by atoms with E-state index < -0.39 is 5.54 Å². The van der Waals surface area contributed by atoms with Gasteiger partial charge in [0.2, 0.25) is 17.8 Å². The number of piperazine rings is 1. The van der Waals surface area contributed by atoms with Crippen molar-refractivity contribution < 1.29 is 4.79 Å². The third-order valence-corrected chi connectivity index (χ3v) is 5.30. The van der Waals surface area contributed by atoms with Crippen molar-refractivity contribution in [2.45, 2.75) is 72.0 Å². The zero-order valence-corrected chi connectivity index (χ0v) is 20.2. The number of aromatic nitrogens is 3. The first-order chi connectivity index (χ1) is 14.4. The van der Waals surface area contributed by atoms with Crippen LogP contribution in [0.15, 0.2) is 6.33 Å². The molecule has 1 saturated heterocycles. The van der Waals surface area contributed by atoms with Crippen molar-refractivity contribution in [3.63, 3.8) is 0 Å². The zero-order chi connectivity index (χ0) is 23.2. The molecule has 0 aromatic carbocycles. The minimum atomic E-state index is -0.588. The second-order valence-electron chi connectivity index (χ2n) is 9.98. The molecule has 0 bridgehead atoms. The quantitative estimate of drug-likeness (QED) is 0.297. The van der Waals surface area contributed by atoms with Gasteiger partial charge in [-0.15, -0.1) is 0 Å². The van der Waals surface area contributed by atoms with Crippen molar-refractivity contribution in [3.05, 3.63) is 6.33 Å². The Bertz CT molecular complexity index is 723. The lowest BCUT2D eigenvalue weighted by atomic mass is 9.90. The van der Waals surface area contributed by atoms with Crippen LogP contribution in [-0.4, -0.2) is 75.6 Å². The number of anilines is 2. The summed E-state index contributed by atoms with van der Waals surface area (Å²) in [6, 6.07) is 0.214. The molecule has 1 aliphatic heterocycles. The summed E-state index contributed by atoms with van der Waals surface area (Å²) in [5.41, 5.74) is 10.7. The molecular weight excluding hydrogens is 394 g/mol. The molecule has 176 valence electrons. The first-order valence-electron chi connectivity index (χ1n) is 11.2. The molecule has 1 unspecified atom stereocenters. The summed E-state index contributed by atoms with van der Waals surface area (Å²) in [5.74, 6) is 1.69. The molecule has 1 aromatic heterocycles. The summed E-state index contributed by atoms with van der Waals surface area (Å²) in [6.45, 7) is 17.8. The first kappa shape index (κ1) is 25.2. The van der Waals surface area contributed by atoms with Crippen LogP contribution in [-0.2, 0) is 4.79 Å². The van der Waals surface area contributed by atoms with Gasteiger partial charge in [0, 0.05) is 44.3 Å². The molecule has 1 atom stereocenters. The fourth-order valence-electron chi connectivity index (χ4n) is 4.32. The van der Waals surface area contributed by atoms with Crippen LogP contribution in [0.1, 0.15) is 54.9 Å². The minimum Gasteiger partial charge on any atom is -0.338 e. The van der Waals surface area contributed by atoms with Gasteiger partial charge in [-0.1, -0.05) is 13.8 Å². The van der Waals surface area contributed by atoms with Crippen LogP contribution in [0.25, 0.3) is 0 Å². The van der Waals surface area contributed by atoms with Gasteiger partial charge in [0.15, 0.2) is 0 Å². The number of carbonyl (C=O) groups is 1. The maximum absolute atomic E-state index is 13.0. The van der Waals surface area contributed by atoms with Crippen molar-refractivity contribution >= 4 is 17.8 Å². The Kier molecular flexibility index (Phi) is 8.56. The Morgan fingerprint density at radius 1 is 1.26 bits per heavy atom. The van der Waals surface area contributed by atoms with Crippen LogP contribution >= 0.6 is 0 Å². The van der Waals surface area contributed by atoms with Crippen LogP contribution in [0.3, 0.4) is 0 Å². The molecule has 1 amide bonds. The van der Waals surface area contributed by atoms with Crippen molar-refractivity contribution in [2.75, 3.05) is 43.0 Å². The average Bonchev–Trinajstić information content (AvgIpc) is 2.65. The maximum atomic E-state index is 13.0. The van der Waals surface area contributed by atoms with E-state index in [1.807, 2.05) is 18.7 Å². The SMILES string of the molecule is CC(C)CC(C)N(CCN1CC(C)(C)NC(C)(C)C1=O)c1ncnc(NNCCN)n1. The number of rotatable bonds is 11. The van der Waals surface area contributed by atoms with E-state index in [9.17, 15) is 4.79 Å². The Balaban J connectivity index is 2.19. The summed E-state index contributed by atoms with van der Waals surface area (Å²) in [6.07, 6.45) is 2.50. The average molecular weight is 436 g/mol. The predicted octanol–water partition coefficient (Wildman–Crippen LogP) is 0.977. The van der Waals surface area contributed by atoms with E-state index in [4.69, 9.17) is 5.73 Å². The first-order valence-corrected chi connectivity index (χ1v) is 11.2. The topological polar surface area (TPSA) is 124 Å². The highest BCUT2D eigenvalue weighted by molar-refractivity contribution is 5.86. The Labute approximate surface area is 186 Å². The molecule has 10 heteroatoms. The van der Waals surface area contributed by atoms with Crippen LogP contribution in [0.5, 0.6) is 0 Å². The molecule has 0 radical (unpaired) electrons. The number of nitrogens with two attached hydrogens (primary N) is 1. The molecule has 10 nitrogen and oxygen atoms in total. The minimum absolute atomic E-state index is 0.118. The van der Waals surface area contributed by atoms with Gasteiger partial charge in [0.25, 0.3) is 0 Å². The van der Waals surface area contributed by atoms with E-state index in [1.54, 1.807) is 0 Å². The summed E-state index contributed by atoms with van der Waals surface area (Å²) < 4.78 is 0. The number of amides is 1. The lowest BCUT2D eigenvalue weighted by molar-refractivity contribution is -0.143. The van der Waals surface area contributed by atoms with Crippen LogP contribution < -0.4 is 26.8 Å². The Hall–Kier alpha value is -2.04. The zero-order valence-electron chi connectivity index (χ0n) is 20.2. The number of carbonyl (C=O) groups excluding carboxylic acids is 1.